The number of hydrogen-bond donors (Lipinski definition) is 1. The predicted molar refractivity (Wildman–Crippen MR) is 56.7 cm³/mol. The predicted octanol–water partition coefficient (Wildman–Crippen LogP) is 0.828. The maximum absolute atomic E-state index is 7.48. The lowest BCUT2D eigenvalue weighted by Crippen LogP contribution is -2.42. The molecule has 0 saturated carbocycles. The molecule has 2 atom stereocenters. The molecule has 1 aromatic carbocycles. The number of nitrogens with one attached hydrogen (secondary N) is 1. The third-order valence-corrected chi connectivity index (χ3v) is 2.42. The van der Waals surface area contributed by atoms with E-state index in [-0.39, 0.29) is 6.10 Å². The number of hydrogen-bond acceptors (Lipinski definition) is 4. The first-order valence-electron chi connectivity index (χ1n) is 5.53. The number of rotatable bonds is 1. The van der Waals surface area contributed by atoms with Gasteiger partial charge in [-0.05, 0) is 12.1 Å². The van der Waals surface area contributed by atoms with Gasteiger partial charge in [0, 0.05) is 6.54 Å². The molecule has 0 saturated heterocycles. The first-order valence-corrected chi connectivity index (χ1v) is 4.95. The minimum absolute atomic E-state index is 0.217. The average molecular weight is 205 g/mol. The Hall–Kier alpha value is -1.71. The van der Waals surface area contributed by atoms with Crippen molar-refractivity contribution in [2.45, 2.75) is 6.10 Å². The number of para-hydroxylation sites is 2. The van der Waals surface area contributed by atoms with Crippen molar-refractivity contribution in [1.82, 2.24) is 5.32 Å². The Kier molecular flexibility index (Phi) is 1.74. The van der Waals surface area contributed by atoms with Crippen LogP contribution in [0.15, 0.2) is 29.3 Å². The van der Waals surface area contributed by atoms with Crippen LogP contribution in [0, 0.1) is 0 Å². The van der Waals surface area contributed by atoms with Crippen molar-refractivity contribution in [2.75, 3.05) is 19.7 Å². The van der Waals surface area contributed by atoms with Crippen LogP contribution in [0.2, 0.25) is 0 Å². The topological polar surface area (TPSA) is 42.8 Å². The van der Waals surface area contributed by atoms with Crippen LogP contribution in [0.1, 0.15) is 1.37 Å². The van der Waals surface area contributed by atoms with E-state index in [4.69, 9.17) is 10.8 Å². The van der Waals surface area contributed by atoms with E-state index >= 15 is 0 Å². The zero-order valence-corrected chi connectivity index (χ0v) is 8.14. The number of nitrogens with zero attached hydrogens (tertiary/aromatic N) is 1. The lowest BCUT2D eigenvalue weighted by atomic mass is 10.2. The molecule has 0 aliphatic carbocycles. The van der Waals surface area contributed by atoms with Gasteiger partial charge >= 0.3 is 0 Å². The van der Waals surface area contributed by atoms with Crippen LogP contribution >= 0.6 is 0 Å². The van der Waals surface area contributed by atoms with E-state index in [1.165, 1.54) is 0 Å². The molecule has 0 spiro atoms. The van der Waals surface area contributed by atoms with Crippen molar-refractivity contribution in [2.24, 2.45) is 4.99 Å². The Morgan fingerprint density at radius 3 is 3.07 bits per heavy atom. The van der Waals surface area contributed by atoms with Gasteiger partial charge in [0.15, 0.2) is 17.6 Å². The Balaban J connectivity index is 1.80. The lowest BCUT2D eigenvalue weighted by molar-refractivity contribution is 0.133. The first-order chi connectivity index (χ1) is 7.83. The van der Waals surface area contributed by atoms with Crippen LogP contribution in [-0.4, -0.2) is 31.6 Å². The molecule has 4 heteroatoms. The quantitative estimate of drug-likeness (QED) is 0.738. The fourth-order valence-corrected chi connectivity index (χ4v) is 1.69. The summed E-state index contributed by atoms with van der Waals surface area (Å²) in [6.45, 7) is 0.572. The number of ether oxygens (including phenoxy) is 2. The smallest absolute Gasteiger partial charge is 0.189 e. The second kappa shape index (κ2) is 3.46. The summed E-state index contributed by atoms with van der Waals surface area (Å²) in [5.74, 6) is 2.21. The summed E-state index contributed by atoms with van der Waals surface area (Å²) in [5.41, 5.74) is 0. The van der Waals surface area contributed by atoms with E-state index < -0.39 is 6.52 Å². The van der Waals surface area contributed by atoms with Crippen molar-refractivity contribution >= 4 is 5.84 Å². The maximum atomic E-state index is 7.48. The minimum Gasteiger partial charge on any atom is -0.485 e. The van der Waals surface area contributed by atoms with Gasteiger partial charge in [-0.15, -0.1) is 0 Å². The van der Waals surface area contributed by atoms with E-state index in [1.807, 2.05) is 24.3 Å². The third-order valence-electron chi connectivity index (χ3n) is 2.42. The summed E-state index contributed by atoms with van der Waals surface area (Å²) < 4.78 is 18.8. The molecule has 0 amide bonds. The lowest BCUT2D eigenvalue weighted by Gasteiger charge is -2.26. The van der Waals surface area contributed by atoms with Gasteiger partial charge in [0.1, 0.15) is 12.4 Å². The van der Waals surface area contributed by atoms with Crippen molar-refractivity contribution < 1.29 is 10.8 Å². The SMILES string of the molecule is [2H][C@H]1CNC(C2COc3ccccc3O2)=N1. The summed E-state index contributed by atoms with van der Waals surface area (Å²) in [6, 6.07) is 7.56. The van der Waals surface area contributed by atoms with Gasteiger partial charge in [0.2, 0.25) is 0 Å². The highest BCUT2D eigenvalue weighted by molar-refractivity contribution is 5.88. The fourth-order valence-electron chi connectivity index (χ4n) is 1.69. The average Bonchev–Trinajstić information content (AvgIpc) is 2.75. The Labute approximate surface area is 89.3 Å². The number of amidine groups is 1. The molecular weight excluding hydrogens is 192 g/mol. The molecule has 2 heterocycles. The Morgan fingerprint density at radius 1 is 1.40 bits per heavy atom. The largest absolute Gasteiger partial charge is 0.485 e. The molecule has 15 heavy (non-hydrogen) atoms. The van der Waals surface area contributed by atoms with Gasteiger partial charge in [-0.25, -0.2) is 0 Å². The zero-order valence-electron chi connectivity index (χ0n) is 9.14. The summed E-state index contributed by atoms with van der Waals surface area (Å²) in [5, 5.41) is 3.06. The standard InChI is InChI=1S/C11H12N2O2/c1-2-4-9-8(3-1)14-7-10(15-9)11-12-5-6-13-11/h1-4,10H,5-7H2,(H,12,13)/i5D/t5-,10?/m0/s1. The Morgan fingerprint density at radius 2 is 2.27 bits per heavy atom. The molecule has 2 aliphatic rings. The van der Waals surface area contributed by atoms with Crippen LogP contribution in [0.5, 0.6) is 11.5 Å². The molecule has 0 aromatic heterocycles. The molecule has 1 aromatic rings. The van der Waals surface area contributed by atoms with Crippen molar-refractivity contribution in [3.8, 4) is 11.5 Å². The van der Waals surface area contributed by atoms with E-state index in [0.717, 1.165) is 17.3 Å². The van der Waals surface area contributed by atoms with Crippen molar-refractivity contribution in [3.63, 3.8) is 0 Å². The monoisotopic (exact) mass is 205 g/mol. The number of fused-ring (bicyclic) bond motifs is 1. The summed E-state index contributed by atoms with van der Waals surface area (Å²) in [4.78, 5) is 4.15. The molecule has 4 nitrogen and oxygen atoms in total. The zero-order chi connectivity index (χ0) is 11.0. The summed E-state index contributed by atoms with van der Waals surface area (Å²) >= 11 is 0. The van der Waals surface area contributed by atoms with Gasteiger partial charge < -0.3 is 14.8 Å². The molecule has 0 bridgehead atoms. The molecule has 0 fully saturated rings. The second-order valence-electron chi connectivity index (χ2n) is 3.44. The summed E-state index contributed by atoms with van der Waals surface area (Å²) in [6.07, 6.45) is -0.217. The summed E-state index contributed by atoms with van der Waals surface area (Å²) in [7, 11) is 0. The molecular formula is C11H12N2O2. The minimum atomic E-state index is -0.421. The van der Waals surface area contributed by atoms with Crippen LogP contribution in [0.4, 0.5) is 0 Å². The van der Waals surface area contributed by atoms with Crippen LogP contribution in [0.3, 0.4) is 0 Å². The normalized spacial score (nSPS) is 29.1. The highest BCUT2D eigenvalue weighted by atomic mass is 16.6. The maximum Gasteiger partial charge on any atom is 0.189 e. The van der Waals surface area contributed by atoms with E-state index in [9.17, 15) is 0 Å². The van der Waals surface area contributed by atoms with Crippen LogP contribution < -0.4 is 14.8 Å². The van der Waals surface area contributed by atoms with E-state index in [1.54, 1.807) is 0 Å². The molecule has 78 valence electrons. The van der Waals surface area contributed by atoms with Crippen molar-refractivity contribution in [3.05, 3.63) is 24.3 Å². The number of aliphatic imine (C=N–C) groups is 1. The molecule has 1 N–H and O–H groups in total. The molecule has 3 rings (SSSR count). The highest BCUT2D eigenvalue weighted by Gasteiger charge is 2.26. The van der Waals surface area contributed by atoms with Crippen LogP contribution in [-0.2, 0) is 0 Å². The fraction of sp³-hybridized carbons (Fsp3) is 0.364. The van der Waals surface area contributed by atoms with Gasteiger partial charge in [-0.1, -0.05) is 12.1 Å². The van der Waals surface area contributed by atoms with Crippen LogP contribution in [0.25, 0.3) is 0 Å². The van der Waals surface area contributed by atoms with Gasteiger partial charge in [0.05, 0.1) is 7.89 Å². The van der Waals surface area contributed by atoms with E-state index in [0.29, 0.717) is 13.2 Å². The molecule has 2 aliphatic heterocycles. The molecule has 0 radical (unpaired) electrons. The highest BCUT2D eigenvalue weighted by Crippen LogP contribution is 2.31. The molecule has 1 unspecified atom stereocenters. The van der Waals surface area contributed by atoms with Gasteiger partial charge in [0.25, 0.3) is 0 Å². The third kappa shape index (κ3) is 1.52. The van der Waals surface area contributed by atoms with Gasteiger partial charge in [-0.3, -0.25) is 4.99 Å². The van der Waals surface area contributed by atoms with E-state index in [2.05, 4.69) is 10.3 Å². The Bertz CT molecular complexity index is 436. The second-order valence-corrected chi connectivity index (χ2v) is 3.44. The van der Waals surface area contributed by atoms with Crippen molar-refractivity contribution in [1.29, 1.82) is 0 Å². The van der Waals surface area contributed by atoms with Gasteiger partial charge in [-0.2, -0.15) is 0 Å². The number of benzene rings is 1. The first kappa shape index (κ1) is 7.56.